The van der Waals surface area contributed by atoms with Gasteiger partial charge in [0.25, 0.3) is 11.6 Å². The monoisotopic (exact) mass is 506 g/mol. The van der Waals surface area contributed by atoms with Crippen LogP contribution in [0, 0.1) is 19.7 Å². The predicted molar refractivity (Wildman–Crippen MR) is 129 cm³/mol. The van der Waals surface area contributed by atoms with Crippen molar-refractivity contribution >= 4 is 23.1 Å². The molecule has 11 heteroatoms. The van der Waals surface area contributed by atoms with Crippen LogP contribution in [0.2, 0.25) is 0 Å². The van der Waals surface area contributed by atoms with Crippen molar-refractivity contribution in [2.45, 2.75) is 32.7 Å². The molecule has 2 aromatic carbocycles. The Kier molecular flexibility index (Phi) is 6.43. The van der Waals surface area contributed by atoms with Crippen molar-refractivity contribution in [1.29, 1.82) is 0 Å². The van der Waals surface area contributed by atoms with E-state index in [-0.39, 0.29) is 30.0 Å². The number of aryl methyl sites for hydroxylation is 2. The van der Waals surface area contributed by atoms with Crippen LogP contribution in [0.3, 0.4) is 0 Å². The predicted octanol–water partition coefficient (Wildman–Crippen LogP) is 4.29. The molecule has 0 saturated carbocycles. The van der Waals surface area contributed by atoms with Crippen LogP contribution in [0.25, 0.3) is 22.7 Å². The number of amides is 1. The minimum atomic E-state index is -1.00. The third kappa shape index (κ3) is 4.92. The number of carbonyl (C=O) groups excluding carboxylic acids is 1. The van der Waals surface area contributed by atoms with Gasteiger partial charge in [-0.3, -0.25) is 4.79 Å². The summed E-state index contributed by atoms with van der Waals surface area (Å²) < 4.78 is 30.9. The summed E-state index contributed by atoms with van der Waals surface area (Å²) in [6.45, 7) is 3.81. The van der Waals surface area contributed by atoms with Gasteiger partial charge in [-0.1, -0.05) is 12.1 Å². The van der Waals surface area contributed by atoms with E-state index in [1.807, 2.05) is 13.8 Å². The van der Waals surface area contributed by atoms with Crippen molar-refractivity contribution < 1.29 is 33.0 Å². The minimum Gasteiger partial charge on any atom is -0.483 e. The molecule has 4 aromatic rings. The quantitative estimate of drug-likeness (QED) is 0.390. The average molecular weight is 506 g/mol. The number of carboxylic acid groups (broad SMARTS) is 1. The molecule has 0 unspecified atom stereocenters. The number of ether oxygens (including phenoxy) is 2. The fourth-order valence-corrected chi connectivity index (χ4v) is 4.36. The topological polar surface area (TPSA) is 128 Å². The van der Waals surface area contributed by atoms with Crippen LogP contribution >= 0.6 is 0 Å². The Bertz CT molecular complexity index is 1480. The lowest BCUT2D eigenvalue weighted by molar-refractivity contribution is -0.149. The van der Waals surface area contributed by atoms with Crippen LogP contribution in [0.5, 0.6) is 17.5 Å². The molecule has 1 amide bonds. The third-order valence-corrected chi connectivity index (χ3v) is 6.07. The summed E-state index contributed by atoms with van der Waals surface area (Å²) in [6.07, 6.45) is 2.53. The molecule has 0 aliphatic carbocycles. The lowest BCUT2D eigenvalue weighted by atomic mass is 10.1. The van der Waals surface area contributed by atoms with E-state index in [1.54, 1.807) is 24.3 Å². The first-order valence-corrected chi connectivity index (χ1v) is 11.6. The summed E-state index contributed by atoms with van der Waals surface area (Å²) in [4.78, 5) is 38.0. The van der Waals surface area contributed by atoms with Gasteiger partial charge in [0.2, 0.25) is 5.89 Å². The van der Waals surface area contributed by atoms with Crippen LogP contribution in [0.4, 0.5) is 4.39 Å². The summed E-state index contributed by atoms with van der Waals surface area (Å²) in [7, 11) is 0. The molecule has 1 atom stereocenters. The molecule has 190 valence electrons. The number of hydrogen-bond acceptors (Lipinski definition) is 8. The first kappa shape index (κ1) is 24.2. The molecule has 0 spiro atoms. The highest BCUT2D eigenvalue weighted by Gasteiger charge is 2.34. The number of oxazole rings is 1. The standard InChI is InChI=1S/C26H23FN4O6/c1-14-10-16(11-15(2)22(14)35-13-21(32)31-9-5-7-19(31)25(33)34)23-29-18-12-28-26(30-24(18)37-23)36-20-8-4-3-6-17(20)27/h3-4,6,8,10-12,19H,5,7,9,13H2,1-2H3,(H,33,34)/t19-/m0/s1. The van der Waals surface area contributed by atoms with Gasteiger partial charge in [0.05, 0.1) is 6.20 Å². The van der Waals surface area contributed by atoms with Crippen LogP contribution < -0.4 is 9.47 Å². The second kappa shape index (κ2) is 9.84. The van der Waals surface area contributed by atoms with Crippen molar-refractivity contribution in [3.8, 4) is 29.0 Å². The number of benzene rings is 2. The normalized spacial score (nSPS) is 15.2. The van der Waals surface area contributed by atoms with Crippen molar-refractivity contribution in [1.82, 2.24) is 19.9 Å². The molecular weight excluding hydrogens is 483 g/mol. The maximum absolute atomic E-state index is 13.9. The van der Waals surface area contributed by atoms with Gasteiger partial charge in [0.1, 0.15) is 17.3 Å². The zero-order valence-corrected chi connectivity index (χ0v) is 20.1. The Morgan fingerprint density at radius 2 is 1.95 bits per heavy atom. The largest absolute Gasteiger partial charge is 0.483 e. The lowest BCUT2D eigenvalue weighted by Gasteiger charge is -2.22. The van der Waals surface area contributed by atoms with Gasteiger partial charge >= 0.3 is 12.0 Å². The fourth-order valence-electron chi connectivity index (χ4n) is 4.36. The Hall–Kier alpha value is -4.54. The lowest BCUT2D eigenvalue weighted by Crippen LogP contribution is -2.42. The third-order valence-electron chi connectivity index (χ3n) is 6.07. The Labute approximate surface area is 210 Å². The molecule has 1 aliphatic heterocycles. The Morgan fingerprint density at radius 3 is 2.68 bits per heavy atom. The summed E-state index contributed by atoms with van der Waals surface area (Å²) in [5.41, 5.74) is 2.73. The number of para-hydroxylation sites is 1. The van der Waals surface area contributed by atoms with Crippen LogP contribution in [-0.2, 0) is 9.59 Å². The van der Waals surface area contributed by atoms with Crippen molar-refractivity contribution in [2.75, 3.05) is 13.2 Å². The van der Waals surface area contributed by atoms with Gasteiger partial charge in [-0.2, -0.15) is 4.98 Å². The molecule has 10 nitrogen and oxygen atoms in total. The van der Waals surface area contributed by atoms with Gasteiger partial charge in [0, 0.05) is 12.1 Å². The Morgan fingerprint density at radius 1 is 1.19 bits per heavy atom. The average Bonchev–Trinajstić information content (AvgIpc) is 3.52. The maximum Gasteiger partial charge on any atom is 0.326 e. The number of fused-ring (bicyclic) bond motifs is 1. The first-order chi connectivity index (χ1) is 17.8. The molecule has 0 bridgehead atoms. The van der Waals surface area contributed by atoms with Crippen molar-refractivity contribution in [3.05, 3.63) is 59.5 Å². The number of aromatic nitrogens is 3. The zero-order valence-electron chi connectivity index (χ0n) is 20.1. The van der Waals surface area contributed by atoms with E-state index >= 15 is 0 Å². The molecule has 1 saturated heterocycles. The van der Waals surface area contributed by atoms with Crippen molar-refractivity contribution in [3.63, 3.8) is 0 Å². The van der Waals surface area contributed by atoms with Gasteiger partial charge in [-0.05, 0) is 62.1 Å². The highest BCUT2D eigenvalue weighted by atomic mass is 19.1. The molecular formula is C26H23FN4O6. The number of likely N-dealkylation sites (tertiary alicyclic amines) is 1. The van der Waals surface area contributed by atoms with Crippen LogP contribution in [-0.4, -0.2) is 56.0 Å². The number of halogens is 1. The number of aliphatic carboxylic acids is 1. The molecule has 1 N–H and O–H groups in total. The number of rotatable bonds is 7. The second-order valence-corrected chi connectivity index (χ2v) is 8.71. The molecule has 3 heterocycles. The van der Waals surface area contributed by atoms with E-state index in [9.17, 15) is 19.1 Å². The highest BCUT2D eigenvalue weighted by molar-refractivity contribution is 5.85. The fraction of sp³-hybridized carbons (Fsp3) is 0.269. The number of hydrogen-bond donors (Lipinski definition) is 1. The summed E-state index contributed by atoms with van der Waals surface area (Å²) in [5, 5.41) is 9.31. The van der Waals surface area contributed by atoms with E-state index in [0.717, 1.165) is 11.1 Å². The summed E-state index contributed by atoms with van der Waals surface area (Å²) >= 11 is 0. The van der Waals surface area contributed by atoms with Gasteiger partial charge in [0.15, 0.2) is 18.2 Å². The van der Waals surface area contributed by atoms with Crippen LogP contribution in [0.1, 0.15) is 24.0 Å². The number of carbonyl (C=O) groups is 2. The molecule has 0 radical (unpaired) electrons. The second-order valence-electron chi connectivity index (χ2n) is 8.71. The smallest absolute Gasteiger partial charge is 0.326 e. The van der Waals surface area contributed by atoms with E-state index in [0.29, 0.717) is 42.1 Å². The molecule has 1 aliphatic rings. The molecule has 2 aromatic heterocycles. The van der Waals surface area contributed by atoms with E-state index in [4.69, 9.17) is 13.9 Å². The number of nitrogens with zero attached hydrogens (tertiary/aromatic N) is 4. The molecule has 5 rings (SSSR count). The first-order valence-electron chi connectivity index (χ1n) is 11.6. The maximum atomic E-state index is 13.9. The van der Waals surface area contributed by atoms with E-state index < -0.39 is 17.8 Å². The number of carboxylic acids is 1. The zero-order chi connectivity index (χ0) is 26.1. The van der Waals surface area contributed by atoms with Gasteiger partial charge in [-0.15, -0.1) is 0 Å². The highest BCUT2D eigenvalue weighted by Crippen LogP contribution is 2.32. The van der Waals surface area contributed by atoms with Crippen LogP contribution in [0.15, 0.2) is 47.0 Å². The summed E-state index contributed by atoms with van der Waals surface area (Å²) in [5.74, 6) is -1.09. The summed E-state index contributed by atoms with van der Waals surface area (Å²) in [6, 6.07) is 8.65. The van der Waals surface area contributed by atoms with Crippen molar-refractivity contribution in [2.24, 2.45) is 0 Å². The van der Waals surface area contributed by atoms with Gasteiger partial charge in [-0.25, -0.2) is 19.2 Å². The minimum absolute atomic E-state index is 0.00915. The van der Waals surface area contributed by atoms with E-state index in [1.165, 1.54) is 23.2 Å². The Balaban J connectivity index is 1.33. The molecule has 1 fully saturated rings. The molecule has 37 heavy (non-hydrogen) atoms. The van der Waals surface area contributed by atoms with E-state index in [2.05, 4.69) is 15.0 Å². The van der Waals surface area contributed by atoms with Gasteiger partial charge < -0.3 is 23.9 Å². The SMILES string of the molecule is Cc1cc(-c2nc3cnc(Oc4ccccc4F)nc3o2)cc(C)c1OCC(=O)N1CCC[C@H]1C(=O)O.